The lowest BCUT2D eigenvalue weighted by molar-refractivity contribution is -0.136. The highest BCUT2D eigenvalue weighted by Crippen LogP contribution is 2.30. The Morgan fingerprint density at radius 2 is 2.17 bits per heavy atom. The van der Waals surface area contributed by atoms with E-state index in [4.69, 9.17) is 11.6 Å². The second kappa shape index (κ2) is 6.43. The fourth-order valence-corrected chi connectivity index (χ4v) is 2.11. The molecule has 1 aromatic heterocycles. The first-order valence-electron chi connectivity index (χ1n) is 5.84. The number of nitrogens with zero attached hydrogens (tertiary/aromatic N) is 2. The van der Waals surface area contributed by atoms with Gasteiger partial charge in [0.2, 0.25) is 0 Å². The van der Waals surface area contributed by atoms with E-state index in [1.807, 2.05) is 6.92 Å². The predicted molar refractivity (Wildman–Crippen MR) is 64.6 cm³/mol. The lowest BCUT2D eigenvalue weighted by atomic mass is 10.1. The molecule has 0 spiro atoms. The molecule has 3 nitrogen and oxygen atoms in total. The molecule has 104 valence electrons. The number of hydrogen-bond acceptors (Lipinski definition) is 2. The van der Waals surface area contributed by atoms with Gasteiger partial charge in [-0.3, -0.25) is 4.68 Å². The molecule has 7 heteroatoms. The van der Waals surface area contributed by atoms with Crippen LogP contribution in [0, 0.1) is 0 Å². The van der Waals surface area contributed by atoms with Crippen LogP contribution in [0.25, 0.3) is 0 Å². The highest BCUT2D eigenvalue weighted by Gasteiger charge is 2.30. The van der Waals surface area contributed by atoms with Crippen molar-refractivity contribution in [1.82, 2.24) is 15.1 Å². The maximum atomic E-state index is 12.3. The molecular weight excluding hydrogens is 267 g/mol. The van der Waals surface area contributed by atoms with Crippen LogP contribution >= 0.6 is 11.6 Å². The lowest BCUT2D eigenvalue weighted by Gasteiger charge is -2.19. The van der Waals surface area contributed by atoms with Crippen molar-refractivity contribution < 1.29 is 13.2 Å². The third-order valence-electron chi connectivity index (χ3n) is 2.66. The monoisotopic (exact) mass is 283 g/mol. The number of rotatable bonds is 6. The molecule has 1 aromatic rings. The Bertz CT molecular complexity index is 376. The maximum absolute atomic E-state index is 12.3. The van der Waals surface area contributed by atoms with E-state index >= 15 is 0 Å². The summed E-state index contributed by atoms with van der Waals surface area (Å²) in [6, 6.07) is -0.437. The number of alkyl halides is 3. The maximum Gasteiger partial charge on any atom is 0.389 e. The molecule has 0 amide bonds. The molecule has 1 N–H and O–H groups in total. The van der Waals surface area contributed by atoms with E-state index in [0.29, 0.717) is 17.3 Å². The third kappa shape index (κ3) is 4.17. The molecule has 0 saturated heterocycles. The summed E-state index contributed by atoms with van der Waals surface area (Å²) in [5.74, 6) is 0. The molecule has 0 aliphatic heterocycles. The molecule has 0 fully saturated rings. The van der Waals surface area contributed by atoms with E-state index in [2.05, 4.69) is 10.4 Å². The van der Waals surface area contributed by atoms with Crippen LogP contribution in [0.2, 0.25) is 5.02 Å². The first-order chi connectivity index (χ1) is 8.39. The van der Waals surface area contributed by atoms with Crippen molar-refractivity contribution in [2.24, 2.45) is 0 Å². The van der Waals surface area contributed by atoms with Gasteiger partial charge in [0.1, 0.15) is 0 Å². The molecule has 0 aromatic carbocycles. The van der Waals surface area contributed by atoms with Gasteiger partial charge in [-0.1, -0.05) is 18.5 Å². The fraction of sp³-hybridized carbons (Fsp3) is 0.727. The van der Waals surface area contributed by atoms with E-state index in [-0.39, 0.29) is 6.42 Å². The number of hydrogen-bond donors (Lipinski definition) is 1. The van der Waals surface area contributed by atoms with E-state index in [9.17, 15) is 13.2 Å². The normalized spacial score (nSPS) is 13.9. The van der Waals surface area contributed by atoms with Crippen molar-refractivity contribution in [1.29, 1.82) is 0 Å². The minimum atomic E-state index is -4.16. The van der Waals surface area contributed by atoms with E-state index in [1.165, 1.54) is 6.20 Å². The number of halogens is 4. The van der Waals surface area contributed by atoms with Crippen molar-refractivity contribution in [2.45, 2.75) is 44.9 Å². The van der Waals surface area contributed by atoms with Gasteiger partial charge >= 0.3 is 6.18 Å². The zero-order valence-electron chi connectivity index (χ0n) is 10.4. The van der Waals surface area contributed by atoms with Crippen LogP contribution in [0.5, 0.6) is 0 Å². The average Bonchev–Trinajstić information content (AvgIpc) is 2.62. The smallest absolute Gasteiger partial charge is 0.312 e. The minimum Gasteiger partial charge on any atom is -0.312 e. The van der Waals surface area contributed by atoms with Crippen molar-refractivity contribution in [2.75, 3.05) is 7.05 Å². The Hall–Kier alpha value is -0.750. The molecule has 0 radical (unpaired) electrons. The molecular formula is C11H17ClF3N3. The van der Waals surface area contributed by atoms with E-state index < -0.39 is 18.6 Å². The highest BCUT2D eigenvalue weighted by atomic mass is 35.5. The Kier molecular flexibility index (Phi) is 5.47. The first-order valence-corrected chi connectivity index (χ1v) is 6.22. The largest absolute Gasteiger partial charge is 0.389 e. The van der Waals surface area contributed by atoms with Gasteiger partial charge in [-0.15, -0.1) is 0 Å². The lowest BCUT2D eigenvalue weighted by Crippen LogP contribution is -2.23. The van der Waals surface area contributed by atoms with E-state index in [1.54, 1.807) is 11.7 Å². The predicted octanol–water partition coefficient (Wildman–Crippen LogP) is 3.55. The van der Waals surface area contributed by atoms with Crippen LogP contribution in [-0.4, -0.2) is 23.0 Å². The number of aromatic nitrogens is 2. The van der Waals surface area contributed by atoms with Crippen LogP contribution in [0.4, 0.5) is 13.2 Å². The van der Waals surface area contributed by atoms with Gasteiger partial charge in [0.25, 0.3) is 0 Å². The Morgan fingerprint density at radius 1 is 1.50 bits per heavy atom. The quantitative estimate of drug-likeness (QED) is 0.865. The molecule has 1 heterocycles. The molecule has 0 saturated carbocycles. The van der Waals surface area contributed by atoms with Gasteiger partial charge < -0.3 is 5.32 Å². The molecule has 1 atom stereocenters. The van der Waals surface area contributed by atoms with Gasteiger partial charge in [-0.2, -0.15) is 18.3 Å². The summed E-state index contributed by atoms with van der Waals surface area (Å²) in [6.07, 6.45) is -2.72. The Labute approximate surface area is 109 Å². The average molecular weight is 284 g/mol. The minimum absolute atomic E-state index is 0.0465. The topological polar surface area (TPSA) is 29.9 Å². The highest BCUT2D eigenvalue weighted by molar-refractivity contribution is 6.31. The summed E-state index contributed by atoms with van der Waals surface area (Å²) >= 11 is 6.00. The van der Waals surface area contributed by atoms with Crippen molar-refractivity contribution in [3.05, 3.63) is 16.9 Å². The van der Waals surface area contributed by atoms with Crippen molar-refractivity contribution in [3.8, 4) is 0 Å². The van der Waals surface area contributed by atoms with E-state index in [0.717, 1.165) is 6.42 Å². The second-order valence-corrected chi connectivity index (χ2v) is 4.50. The first kappa shape index (κ1) is 15.3. The molecule has 0 bridgehead atoms. The summed E-state index contributed by atoms with van der Waals surface area (Å²) in [7, 11) is 1.63. The number of aryl methyl sites for hydroxylation is 1. The molecule has 1 unspecified atom stereocenters. The SMILES string of the molecule is CCCn1ncc(Cl)c1C(CCC(F)(F)F)NC. The fourth-order valence-electron chi connectivity index (χ4n) is 1.83. The summed E-state index contributed by atoms with van der Waals surface area (Å²) in [6.45, 7) is 2.62. The zero-order valence-corrected chi connectivity index (χ0v) is 11.1. The standard InChI is InChI=1S/C11H17ClF3N3/c1-3-6-18-10(8(12)7-17-18)9(16-2)4-5-11(13,14)15/h7,9,16H,3-6H2,1-2H3. The van der Waals surface area contributed by atoms with Crippen LogP contribution in [0.3, 0.4) is 0 Å². The second-order valence-electron chi connectivity index (χ2n) is 4.10. The summed E-state index contributed by atoms with van der Waals surface area (Å²) < 4.78 is 38.4. The zero-order chi connectivity index (χ0) is 13.8. The van der Waals surface area contributed by atoms with Crippen LogP contribution in [0.1, 0.15) is 37.9 Å². The van der Waals surface area contributed by atoms with Crippen LogP contribution in [-0.2, 0) is 6.54 Å². The molecule has 18 heavy (non-hydrogen) atoms. The summed E-state index contributed by atoms with van der Waals surface area (Å²) in [5.41, 5.74) is 0.630. The Balaban J connectivity index is 2.84. The number of nitrogens with one attached hydrogen (secondary N) is 1. The van der Waals surface area contributed by atoms with Gasteiger partial charge in [0, 0.05) is 13.0 Å². The van der Waals surface area contributed by atoms with Crippen molar-refractivity contribution >= 4 is 11.6 Å². The Morgan fingerprint density at radius 3 is 2.67 bits per heavy atom. The summed E-state index contributed by atoms with van der Waals surface area (Å²) in [4.78, 5) is 0. The van der Waals surface area contributed by atoms with Crippen LogP contribution in [0.15, 0.2) is 6.20 Å². The third-order valence-corrected chi connectivity index (χ3v) is 2.95. The van der Waals surface area contributed by atoms with Gasteiger partial charge in [0.05, 0.1) is 23.0 Å². The van der Waals surface area contributed by atoms with Gasteiger partial charge in [-0.25, -0.2) is 0 Å². The van der Waals surface area contributed by atoms with Gasteiger partial charge in [-0.05, 0) is 19.9 Å². The van der Waals surface area contributed by atoms with Crippen molar-refractivity contribution in [3.63, 3.8) is 0 Å². The van der Waals surface area contributed by atoms with Crippen LogP contribution < -0.4 is 5.32 Å². The molecule has 0 aliphatic carbocycles. The molecule has 1 rings (SSSR count). The van der Waals surface area contributed by atoms with Gasteiger partial charge in [0.15, 0.2) is 0 Å². The molecule has 0 aliphatic rings. The summed E-state index contributed by atoms with van der Waals surface area (Å²) in [5, 5.41) is 7.36.